The van der Waals surface area contributed by atoms with E-state index in [0.29, 0.717) is 5.57 Å². The maximum atomic E-state index is 10.6. The van der Waals surface area contributed by atoms with Crippen molar-refractivity contribution in [2.45, 2.75) is 20.0 Å². The highest BCUT2D eigenvalue weighted by Gasteiger charge is 2.02. The minimum atomic E-state index is -0.598. The average Bonchev–Trinajstić information content (AvgIpc) is 2.16. The molecule has 0 fully saturated rings. The van der Waals surface area contributed by atoms with Crippen molar-refractivity contribution in [3.63, 3.8) is 0 Å². The van der Waals surface area contributed by atoms with Crippen molar-refractivity contribution in [2.24, 2.45) is 5.73 Å². The van der Waals surface area contributed by atoms with Crippen molar-refractivity contribution in [2.75, 3.05) is 7.11 Å². The molecule has 0 rings (SSSR count). The van der Waals surface area contributed by atoms with Crippen LogP contribution in [0.4, 0.5) is 0 Å². The Bertz CT molecular complexity index is 256. The standard InChI is InChI=1S/C7H12O3.C3H5NO/c1-5(4-6(2)8)7(9)10-3;1-2-3(4)5/h4,6,8H,1-3H3;2H,1H2,(H2,4,5). The summed E-state index contributed by atoms with van der Waals surface area (Å²) in [4.78, 5) is 20.1. The lowest BCUT2D eigenvalue weighted by molar-refractivity contribution is -0.136. The van der Waals surface area contributed by atoms with Gasteiger partial charge in [-0.1, -0.05) is 6.58 Å². The number of nitrogens with two attached hydrogens (primary N) is 1. The summed E-state index contributed by atoms with van der Waals surface area (Å²) in [5.74, 6) is -0.883. The number of hydrogen-bond acceptors (Lipinski definition) is 4. The molecule has 5 heteroatoms. The van der Waals surface area contributed by atoms with Gasteiger partial charge in [-0.25, -0.2) is 4.79 Å². The molecule has 0 aliphatic carbocycles. The van der Waals surface area contributed by atoms with Crippen molar-refractivity contribution in [3.8, 4) is 0 Å². The molecule has 5 nitrogen and oxygen atoms in total. The van der Waals surface area contributed by atoms with Crippen molar-refractivity contribution >= 4 is 11.9 Å². The molecule has 0 aromatic rings. The average molecular weight is 215 g/mol. The van der Waals surface area contributed by atoms with Crippen molar-refractivity contribution in [1.29, 1.82) is 0 Å². The van der Waals surface area contributed by atoms with E-state index >= 15 is 0 Å². The third-order valence-corrected chi connectivity index (χ3v) is 1.20. The molecule has 3 N–H and O–H groups in total. The van der Waals surface area contributed by atoms with Gasteiger partial charge >= 0.3 is 5.97 Å². The summed E-state index contributed by atoms with van der Waals surface area (Å²) in [5.41, 5.74) is 4.96. The van der Waals surface area contributed by atoms with E-state index in [0.717, 1.165) is 6.08 Å². The molecule has 0 bridgehead atoms. The Morgan fingerprint density at radius 1 is 1.53 bits per heavy atom. The Hall–Kier alpha value is -1.62. The highest BCUT2D eigenvalue weighted by molar-refractivity contribution is 5.87. The van der Waals surface area contributed by atoms with E-state index in [1.807, 2.05) is 0 Å². The fourth-order valence-corrected chi connectivity index (χ4v) is 0.591. The van der Waals surface area contributed by atoms with Gasteiger partial charge in [0.05, 0.1) is 13.2 Å². The molecular formula is C10H17NO4. The fraction of sp³-hybridized carbons (Fsp3) is 0.400. The number of methoxy groups -OCH3 is 1. The van der Waals surface area contributed by atoms with E-state index in [2.05, 4.69) is 17.0 Å². The Morgan fingerprint density at radius 2 is 1.93 bits per heavy atom. The van der Waals surface area contributed by atoms with Crippen LogP contribution in [-0.4, -0.2) is 30.2 Å². The predicted octanol–water partition coefficient (Wildman–Crippen LogP) is 0.144. The summed E-state index contributed by atoms with van der Waals surface area (Å²) in [6.45, 7) is 6.26. The topological polar surface area (TPSA) is 89.6 Å². The Balaban J connectivity index is 0. The largest absolute Gasteiger partial charge is 0.466 e. The van der Waals surface area contributed by atoms with E-state index in [1.54, 1.807) is 13.8 Å². The van der Waals surface area contributed by atoms with Crippen LogP contribution in [0.2, 0.25) is 0 Å². The van der Waals surface area contributed by atoms with Crippen LogP contribution < -0.4 is 5.73 Å². The molecule has 0 aromatic heterocycles. The second-order valence-corrected chi connectivity index (χ2v) is 2.69. The number of aliphatic hydroxyl groups is 1. The Kier molecular flexibility index (Phi) is 9.45. The van der Waals surface area contributed by atoms with Gasteiger partial charge in [-0.2, -0.15) is 0 Å². The predicted molar refractivity (Wildman–Crippen MR) is 56.8 cm³/mol. The van der Waals surface area contributed by atoms with Gasteiger partial charge in [0.1, 0.15) is 0 Å². The number of carbonyl (C=O) groups is 2. The molecule has 15 heavy (non-hydrogen) atoms. The van der Waals surface area contributed by atoms with Gasteiger partial charge in [0.25, 0.3) is 0 Å². The van der Waals surface area contributed by atoms with Crippen LogP contribution in [0.15, 0.2) is 24.3 Å². The number of rotatable bonds is 3. The first-order valence-electron chi connectivity index (χ1n) is 4.21. The van der Waals surface area contributed by atoms with Gasteiger partial charge in [-0.05, 0) is 26.0 Å². The first-order chi connectivity index (χ1) is 6.84. The third kappa shape index (κ3) is 12.4. The molecule has 0 saturated carbocycles. The first-order valence-corrected chi connectivity index (χ1v) is 4.21. The number of carbonyl (C=O) groups excluding carboxylic acids is 2. The zero-order valence-corrected chi connectivity index (χ0v) is 9.19. The zero-order chi connectivity index (χ0) is 12.4. The summed E-state index contributed by atoms with van der Waals surface area (Å²) in [5, 5.41) is 8.78. The van der Waals surface area contributed by atoms with Gasteiger partial charge < -0.3 is 15.6 Å². The molecule has 0 radical (unpaired) electrons. The summed E-state index contributed by atoms with van der Waals surface area (Å²) in [7, 11) is 1.31. The molecule has 1 unspecified atom stereocenters. The Labute approximate surface area is 89.2 Å². The van der Waals surface area contributed by atoms with E-state index < -0.39 is 18.0 Å². The van der Waals surface area contributed by atoms with Gasteiger partial charge in [0.2, 0.25) is 5.91 Å². The second-order valence-electron chi connectivity index (χ2n) is 2.69. The maximum absolute atomic E-state index is 10.6. The quantitative estimate of drug-likeness (QED) is 0.517. The van der Waals surface area contributed by atoms with Crippen LogP contribution in [0.5, 0.6) is 0 Å². The third-order valence-electron chi connectivity index (χ3n) is 1.20. The summed E-state index contributed by atoms with van der Waals surface area (Å²) >= 11 is 0. The molecule has 0 aromatic carbocycles. The lowest BCUT2D eigenvalue weighted by Gasteiger charge is -1.99. The molecule has 0 saturated heterocycles. The van der Waals surface area contributed by atoms with Crippen LogP contribution in [0.3, 0.4) is 0 Å². The molecule has 0 aliphatic heterocycles. The highest BCUT2D eigenvalue weighted by Crippen LogP contribution is 1.97. The maximum Gasteiger partial charge on any atom is 0.333 e. The smallest absolute Gasteiger partial charge is 0.333 e. The van der Waals surface area contributed by atoms with E-state index in [4.69, 9.17) is 5.11 Å². The van der Waals surface area contributed by atoms with Crippen LogP contribution in [0.1, 0.15) is 13.8 Å². The summed E-state index contributed by atoms with van der Waals surface area (Å²) < 4.78 is 4.39. The van der Waals surface area contributed by atoms with E-state index in [-0.39, 0.29) is 0 Å². The van der Waals surface area contributed by atoms with Gasteiger partial charge in [-0.3, -0.25) is 4.79 Å². The van der Waals surface area contributed by atoms with Crippen molar-refractivity contribution in [3.05, 3.63) is 24.3 Å². The first kappa shape index (κ1) is 15.8. The molecule has 1 amide bonds. The van der Waals surface area contributed by atoms with Crippen LogP contribution in [0, 0.1) is 0 Å². The minimum Gasteiger partial charge on any atom is -0.466 e. The fourth-order valence-electron chi connectivity index (χ4n) is 0.591. The number of aliphatic hydroxyl groups excluding tert-OH is 1. The number of esters is 1. The zero-order valence-electron chi connectivity index (χ0n) is 9.19. The SMILES string of the molecule is C=CC(N)=O.COC(=O)C(C)=CC(C)O. The monoisotopic (exact) mass is 215 g/mol. The Morgan fingerprint density at radius 3 is 2.13 bits per heavy atom. The van der Waals surface area contributed by atoms with E-state index in [9.17, 15) is 9.59 Å². The molecule has 0 spiro atoms. The molecule has 86 valence electrons. The van der Waals surface area contributed by atoms with E-state index in [1.165, 1.54) is 13.2 Å². The van der Waals surface area contributed by atoms with Crippen LogP contribution in [-0.2, 0) is 14.3 Å². The highest BCUT2D eigenvalue weighted by atomic mass is 16.5. The van der Waals surface area contributed by atoms with Crippen LogP contribution >= 0.6 is 0 Å². The van der Waals surface area contributed by atoms with Gasteiger partial charge in [-0.15, -0.1) is 0 Å². The second kappa shape index (κ2) is 8.96. The lowest BCUT2D eigenvalue weighted by Crippen LogP contribution is -2.05. The van der Waals surface area contributed by atoms with Crippen molar-refractivity contribution in [1.82, 2.24) is 0 Å². The summed E-state index contributed by atoms with van der Waals surface area (Å²) in [6, 6.07) is 0. The van der Waals surface area contributed by atoms with Gasteiger partial charge in [0, 0.05) is 5.57 Å². The number of hydrogen-bond donors (Lipinski definition) is 2. The lowest BCUT2D eigenvalue weighted by atomic mass is 10.2. The number of amides is 1. The number of primary amides is 1. The normalized spacial score (nSPS) is 11.9. The molecule has 0 aliphatic rings. The molecule has 1 atom stereocenters. The number of ether oxygens (including phenoxy) is 1. The molecule has 0 heterocycles. The van der Waals surface area contributed by atoms with Gasteiger partial charge in [0.15, 0.2) is 0 Å². The summed E-state index contributed by atoms with van der Waals surface area (Å²) in [6.07, 6.45) is 1.89. The van der Waals surface area contributed by atoms with Crippen molar-refractivity contribution < 1.29 is 19.4 Å². The minimum absolute atomic E-state index is 0.402. The molecular weight excluding hydrogens is 198 g/mol. The van der Waals surface area contributed by atoms with Crippen LogP contribution in [0.25, 0.3) is 0 Å².